The first-order valence-corrected chi connectivity index (χ1v) is 7.30. The summed E-state index contributed by atoms with van der Waals surface area (Å²) in [5.41, 5.74) is 1.39. The number of benzene rings is 2. The van der Waals surface area contributed by atoms with Gasteiger partial charge in [0.15, 0.2) is 0 Å². The molecule has 0 aliphatic rings. The Bertz CT molecular complexity index is 627. The lowest BCUT2D eigenvalue weighted by Gasteiger charge is -2.08. The summed E-state index contributed by atoms with van der Waals surface area (Å²) in [4.78, 5) is 12.1. The van der Waals surface area contributed by atoms with E-state index >= 15 is 0 Å². The fourth-order valence-corrected chi connectivity index (χ4v) is 2.32. The summed E-state index contributed by atoms with van der Waals surface area (Å²) in [6, 6.07) is 12.4. The average Bonchev–Trinajstić information content (AvgIpc) is 2.46. The third-order valence-electron chi connectivity index (χ3n) is 2.86. The molecular weight excluding hydrogens is 309 g/mol. The fourth-order valence-electron chi connectivity index (χ4n) is 1.82. The molecule has 0 spiro atoms. The highest BCUT2D eigenvalue weighted by Gasteiger charge is 2.10. The van der Waals surface area contributed by atoms with Crippen molar-refractivity contribution in [2.24, 2.45) is 0 Å². The molecule has 0 aliphatic carbocycles. The van der Waals surface area contributed by atoms with E-state index in [1.165, 1.54) is 0 Å². The Morgan fingerprint density at radius 3 is 2.48 bits per heavy atom. The Hall–Kier alpha value is -1.71. The highest BCUT2D eigenvalue weighted by molar-refractivity contribution is 6.36. The topological polar surface area (TPSA) is 38.3 Å². The first kappa shape index (κ1) is 15.7. The van der Waals surface area contributed by atoms with Gasteiger partial charge in [0.2, 0.25) is 0 Å². The number of rotatable bonds is 5. The molecule has 5 heteroatoms. The lowest BCUT2D eigenvalue weighted by molar-refractivity contribution is 0.0951. The molecule has 0 unspecified atom stereocenters. The summed E-state index contributed by atoms with van der Waals surface area (Å²) < 4.78 is 5.37. The van der Waals surface area contributed by atoms with Gasteiger partial charge in [0.1, 0.15) is 5.75 Å². The number of hydrogen-bond donors (Lipinski definition) is 1. The molecule has 110 valence electrons. The summed E-state index contributed by atoms with van der Waals surface area (Å²) >= 11 is 11.8. The Balaban J connectivity index is 1.97. The lowest BCUT2D eigenvalue weighted by atomic mass is 10.2. The SMILES string of the molecule is CCOc1ccc(CNC(=O)c2ccc(Cl)cc2Cl)cc1. The van der Waals surface area contributed by atoms with Gasteiger partial charge in [0.05, 0.1) is 17.2 Å². The zero-order valence-corrected chi connectivity index (χ0v) is 13.0. The van der Waals surface area contributed by atoms with Gasteiger partial charge in [-0.1, -0.05) is 35.3 Å². The quantitative estimate of drug-likeness (QED) is 0.889. The second-order valence-electron chi connectivity index (χ2n) is 4.38. The van der Waals surface area contributed by atoms with Crippen LogP contribution in [0.25, 0.3) is 0 Å². The molecule has 0 heterocycles. The van der Waals surface area contributed by atoms with Crippen LogP contribution in [0.2, 0.25) is 10.0 Å². The Kier molecular flexibility index (Phi) is 5.48. The van der Waals surface area contributed by atoms with Crippen molar-refractivity contribution in [3.63, 3.8) is 0 Å². The molecule has 0 fully saturated rings. The number of amides is 1. The van der Waals surface area contributed by atoms with Crippen molar-refractivity contribution in [3.8, 4) is 5.75 Å². The second-order valence-corrected chi connectivity index (χ2v) is 5.23. The standard InChI is InChI=1S/C16H15Cl2NO2/c1-2-21-13-6-3-11(4-7-13)10-19-16(20)14-8-5-12(17)9-15(14)18/h3-9H,2,10H2,1H3,(H,19,20). The van der Waals surface area contributed by atoms with Crippen molar-refractivity contribution < 1.29 is 9.53 Å². The van der Waals surface area contributed by atoms with E-state index in [2.05, 4.69) is 5.32 Å². The van der Waals surface area contributed by atoms with Crippen LogP contribution in [-0.2, 0) is 6.54 Å². The predicted molar refractivity (Wildman–Crippen MR) is 85.2 cm³/mol. The molecule has 1 amide bonds. The van der Waals surface area contributed by atoms with Crippen molar-refractivity contribution in [1.82, 2.24) is 5.32 Å². The highest BCUT2D eigenvalue weighted by Crippen LogP contribution is 2.21. The molecule has 0 aliphatic heterocycles. The first-order valence-electron chi connectivity index (χ1n) is 6.55. The van der Waals surface area contributed by atoms with Gasteiger partial charge in [0, 0.05) is 11.6 Å². The van der Waals surface area contributed by atoms with Crippen LogP contribution >= 0.6 is 23.2 Å². The number of carbonyl (C=O) groups excluding carboxylic acids is 1. The van der Waals surface area contributed by atoms with Gasteiger partial charge in [0.25, 0.3) is 5.91 Å². The normalized spacial score (nSPS) is 10.2. The summed E-state index contributed by atoms with van der Waals surface area (Å²) in [7, 11) is 0. The second kappa shape index (κ2) is 7.34. The van der Waals surface area contributed by atoms with E-state index in [1.807, 2.05) is 31.2 Å². The van der Waals surface area contributed by atoms with Crippen LogP contribution in [0.4, 0.5) is 0 Å². The minimum atomic E-state index is -0.231. The van der Waals surface area contributed by atoms with Gasteiger partial charge >= 0.3 is 0 Å². The van der Waals surface area contributed by atoms with Gasteiger partial charge in [-0.3, -0.25) is 4.79 Å². The molecule has 0 atom stereocenters. The van der Waals surface area contributed by atoms with Crippen molar-refractivity contribution in [3.05, 3.63) is 63.6 Å². The molecule has 2 aromatic carbocycles. The monoisotopic (exact) mass is 323 g/mol. The molecule has 2 rings (SSSR count). The van der Waals surface area contributed by atoms with Gasteiger partial charge in [-0.15, -0.1) is 0 Å². The maximum Gasteiger partial charge on any atom is 0.253 e. The lowest BCUT2D eigenvalue weighted by Crippen LogP contribution is -2.23. The van der Waals surface area contributed by atoms with E-state index in [0.29, 0.717) is 28.8 Å². The van der Waals surface area contributed by atoms with Gasteiger partial charge < -0.3 is 10.1 Å². The molecule has 0 saturated carbocycles. The van der Waals surface area contributed by atoms with Crippen LogP contribution in [0.5, 0.6) is 5.75 Å². The fraction of sp³-hybridized carbons (Fsp3) is 0.188. The average molecular weight is 324 g/mol. The van der Waals surface area contributed by atoms with Crippen molar-refractivity contribution in [1.29, 1.82) is 0 Å². The number of hydrogen-bond acceptors (Lipinski definition) is 2. The molecule has 0 bridgehead atoms. The van der Waals surface area contributed by atoms with Gasteiger partial charge in [-0.05, 0) is 42.8 Å². The molecule has 0 radical (unpaired) electrons. The third-order valence-corrected chi connectivity index (χ3v) is 3.41. The van der Waals surface area contributed by atoms with E-state index in [-0.39, 0.29) is 5.91 Å². The van der Waals surface area contributed by atoms with Crippen LogP contribution in [0.1, 0.15) is 22.8 Å². The van der Waals surface area contributed by atoms with E-state index in [0.717, 1.165) is 11.3 Å². The van der Waals surface area contributed by atoms with Gasteiger partial charge in [-0.2, -0.15) is 0 Å². The van der Waals surface area contributed by atoms with Gasteiger partial charge in [-0.25, -0.2) is 0 Å². The number of nitrogens with one attached hydrogen (secondary N) is 1. The molecule has 21 heavy (non-hydrogen) atoms. The van der Waals surface area contributed by atoms with Crippen molar-refractivity contribution in [2.45, 2.75) is 13.5 Å². The molecule has 1 N–H and O–H groups in total. The number of carbonyl (C=O) groups is 1. The Morgan fingerprint density at radius 1 is 1.14 bits per heavy atom. The minimum Gasteiger partial charge on any atom is -0.494 e. The number of ether oxygens (including phenoxy) is 1. The summed E-state index contributed by atoms with van der Waals surface area (Å²) in [6.07, 6.45) is 0. The summed E-state index contributed by atoms with van der Waals surface area (Å²) in [6.45, 7) is 2.99. The molecule has 0 aromatic heterocycles. The first-order chi connectivity index (χ1) is 10.1. The Morgan fingerprint density at radius 2 is 1.86 bits per heavy atom. The zero-order chi connectivity index (χ0) is 15.2. The van der Waals surface area contributed by atoms with Crippen LogP contribution in [-0.4, -0.2) is 12.5 Å². The smallest absolute Gasteiger partial charge is 0.253 e. The van der Waals surface area contributed by atoms with E-state index < -0.39 is 0 Å². The van der Waals surface area contributed by atoms with Crippen LogP contribution in [0, 0.1) is 0 Å². The maximum atomic E-state index is 12.1. The molecular formula is C16H15Cl2NO2. The zero-order valence-electron chi connectivity index (χ0n) is 11.5. The third kappa shape index (κ3) is 4.38. The highest BCUT2D eigenvalue weighted by atomic mass is 35.5. The van der Waals surface area contributed by atoms with Crippen molar-refractivity contribution in [2.75, 3.05) is 6.61 Å². The van der Waals surface area contributed by atoms with E-state index in [4.69, 9.17) is 27.9 Å². The van der Waals surface area contributed by atoms with E-state index in [9.17, 15) is 4.79 Å². The minimum absolute atomic E-state index is 0.231. The summed E-state index contributed by atoms with van der Waals surface area (Å²) in [5.74, 6) is 0.582. The maximum absolute atomic E-state index is 12.1. The summed E-state index contributed by atoms with van der Waals surface area (Å²) in [5, 5.41) is 3.66. The largest absolute Gasteiger partial charge is 0.494 e. The van der Waals surface area contributed by atoms with E-state index in [1.54, 1.807) is 18.2 Å². The van der Waals surface area contributed by atoms with Crippen LogP contribution in [0.3, 0.4) is 0 Å². The van der Waals surface area contributed by atoms with Crippen molar-refractivity contribution >= 4 is 29.1 Å². The molecule has 3 nitrogen and oxygen atoms in total. The van der Waals surface area contributed by atoms with Crippen LogP contribution < -0.4 is 10.1 Å². The molecule has 2 aromatic rings. The van der Waals surface area contributed by atoms with Crippen LogP contribution in [0.15, 0.2) is 42.5 Å². The predicted octanol–water partition coefficient (Wildman–Crippen LogP) is 4.32. The Labute approximate surface area is 133 Å². The number of halogens is 2. The molecule has 0 saturated heterocycles.